The lowest BCUT2D eigenvalue weighted by Crippen LogP contribution is -2.21. The summed E-state index contributed by atoms with van der Waals surface area (Å²) in [6.45, 7) is 0.859. The van der Waals surface area contributed by atoms with E-state index in [1.54, 1.807) is 12.1 Å². The van der Waals surface area contributed by atoms with E-state index in [2.05, 4.69) is 20.9 Å². The molecule has 158 valence electrons. The molecule has 9 nitrogen and oxygen atoms in total. The summed E-state index contributed by atoms with van der Waals surface area (Å²) < 4.78 is 40.5. The Morgan fingerprint density at radius 3 is 2.60 bits per heavy atom. The summed E-state index contributed by atoms with van der Waals surface area (Å²) in [5.74, 6) is -0.629. The van der Waals surface area contributed by atoms with Crippen molar-refractivity contribution in [2.75, 3.05) is 11.9 Å². The Labute approximate surface area is 176 Å². The Hall–Kier alpha value is -2.86. The second-order valence-electron chi connectivity index (χ2n) is 6.30. The number of benzene rings is 2. The minimum atomic E-state index is -3.71. The quantitative estimate of drug-likeness (QED) is 0.233. The van der Waals surface area contributed by atoms with Gasteiger partial charge in [0.15, 0.2) is 11.5 Å². The summed E-state index contributed by atoms with van der Waals surface area (Å²) in [7, 11) is -3.71. The largest absolute Gasteiger partial charge is 0.339 e. The van der Waals surface area contributed by atoms with Gasteiger partial charge in [-0.2, -0.15) is 0 Å². The Kier molecular flexibility index (Phi) is 6.77. The number of sulfonamides is 1. The first kappa shape index (κ1) is 21.8. The molecule has 0 saturated heterocycles. The van der Waals surface area contributed by atoms with Crippen LogP contribution in [0.15, 0.2) is 52.0 Å². The van der Waals surface area contributed by atoms with Crippen LogP contribution in [0.25, 0.3) is 0 Å². The summed E-state index contributed by atoms with van der Waals surface area (Å²) in [5.41, 5.74) is 1.98. The predicted molar refractivity (Wildman–Crippen MR) is 109 cm³/mol. The summed E-state index contributed by atoms with van der Waals surface area (Å²) in [4.78, 5) is 0.0611. The number of nitrogens with two attached hydrogens (primary N) is 1. The molecule has 12 heteroatoms. The van der Waals surface area contributed by atoms with E-state index < -0.39 is 15.8 Å². The number of hydrogen-bond donors (Lipinski definition) is 4. The van der Waals surface area contributed by atoms with Crippen molar-refractivity contribution in [2.24, 2.45) is 5.14 Å². The van der Waals surface area contributed by atoms with Crippen molar-refractivity contribution in [2.45, 2.75) is 17.9 Å². The fraction of sp³-hybridized carbons (Fsp3) is 0.167. The van der Waals surface area contributed by atoms with Crippen LogP contribution in [0, 0.1) is 11.2 Å². The summed E-state index contributed by atoms with van der Waals surface area (Å²) in [6.07, 6.45) is 0.634. The Morgan fingerprint density at radius 2 is 1.93 bits per heavy atom. The average molecular weight is 453 g/mol. The van der Waals surface area contributed by atoms with E-state index in [9.17, 15) is 12.8 Å². The van der Waals surface area contributed by atoms with Crippen molar-refractivity contribution >= 4 is 33.1 Å². The van der Waals surface area contributed by atoms with Crippen LogP contribution in [0.5, 0.6) is 0 Å². The molecule has 3 rings (SSSR count). The number of anilines is 1. The van der Waals surface area contributed by atoms with E-state index in [1.807, 2.05) is 0 Å². The van der Waals surface area contributed by atoms with Gasteiger partial charge >= 0.3 is 0 Å². The predicted octanol–water partition coefficient (Wildman–Crippen LogP) is 2.28. The third-order valence-corrected chi connectivity index (χ3v) is 5.34. The molecule has 5 N–H and O–H groups in total. The summed E-state index contributed by atoms with van der Waals surface area (Å²) in [6, 6.07) is 10.3. The number of rotatable bonds is 8. The first-order valence-electron chi connectivity index (χ1n) is 8.69. The maximum absolute atomic E-state index is 13.2. The molecule has 0 atom stereocenters. The lowest BCUT2D eigenvalue weighted by atomic mass is 10.1. The van der Waals surface area contributed by atoms with Gasteiger partial charge in [0, 0.05) is 12.2 Å². The third-order valence-electron chi connectivity index (χ3n) is 4.12. The van der Waals surface area contributed by atoms with Crippen LogP contribution in [-0.2, 0) is 23.0 Å². The second kappa shape index (κ2) is 9.30. The molecular formula is C18H18ClFN6O3S. The summed E-state index contributed by atoms with van der Waals surface area (Å²) >= 11 is 5.74. The highest BCUT2D eigenvalue weighted by molar-refractivity contribution is 7.89. The standard InChI is InChI=1S/C18H18ClFN6O3S/c19-14-9-12(3-6-15(14)20)24-18(21)17-16(25-29-26-17)10-23-8-7-11-1-4-13(5-2-11)30(22,27)28/h1-6,9,23H,7-8,10H2,(H2,21,24)(H2,22,27,28). The number of hydrogen-bond acceptors (Lipinski definition) is 7. The Morgan fingerprint density at radius 1 is 1.20 bits per heavy atom. The van der Waals surface area contributed by atoms with Crippen molar-refractivity contribution < 1.29 is 17.4 Å². The Bertz CT molecular complexity index is 1150. The molecule has 3 aromatic rings. The molecule has 0 bridgehead atoms. The van der Waals surface area contributed by atoms with Gasteiger partial charge in [0.25, 0.3) is 0 Å². The third kappa shape index (κ3) is 5.60. The number of nitrogens with zero attached hydrogens (tertiary/aromatic N) is 2. The highest BCUT2D eigenvalue weighted by Crippen LogP contribution is 2.20. The van der Waals surface area contributed by atoms with Crippen LogP contribution in [0.4, 0.5) is 10.1 Å². The van der Waals surface area contributed by atoms with Crippen molar-refractivity contribution in [1.82, 2.24) is 15.6 Å². The number of amidine groups is 1. The van der Waals surface area contributed by atoms with E-state index in [0.717, 1.165) is 5.56 Å². The maximum atomic E-state index is 13.2. The fourth-order valence-corrected chi connectivity index (χ4v) is 3.27. The molecule has 0 aliphatic carbocycles. The van der Waals surface area contributed by atoms with Gasteiger partial charge in [-0.1, -0.05) is 28.9 Å². The maximum Gasteiger partial charge on any atom is 0.238 e. The van der Waals surface area contributed by atoms with E-state index in [4.69, 9.17) is 26.8 Å². The van der Waals surface area contributed by atoms with Gasteiger partial charge in [-0.3, -0.25) is 5.41 Å². The van der Waals surface area contributed by atoms with Gasteiger partial charge in [0.05, 0.1) is 9.92 Å². The first-order valence-corrected chi connectivity index (χ1v) is 10.6. The average Bonchev–Trinajstić information content (AvgIpc) is 3.16. The summed E-state index contributed by atoms with van der Waals surface area (Å²) in [5, 5.41) is 26.6. The number of halogens is 2. The van der Waals surface area contributed by atoms with Crippen LogP contribution >= 0.6 is 11.6 Å². The molecule has 0 aliphatic heterocycles. The number of nitrogens with one attached hydrogen (secondary N) is 3. The van der Waals surface area contributed by atoms with Crippen molar-refractivity contribution in [3.8, 4) is 0 Å². The molecule has 1 aromatic heterocycles. The zero-order valence-electron chi connectivity index (χ0n) is 15.5. The zero-order chi connectivity index (χ0) is 21.7. The number of aromatic nitrogens is 2. The highest BCUT2D eigenvalue weighted by Gasteiger charge is 2.15. The van der Waals surface area contributed by atoms with Crippen LogP contribution in [0.3, 0.4) is 0 Å². The van der Waals surface area contributed by atoms with E-state index in [1.165, 1.54) is 30.3 Å². The van der Waals surface area contributed by atoms with Gasteiger partial charge in [0.2, 0.25) is 10.0 Å². The molecule has 0 fully saturated rings. The Balaban J connectivity index is 1.53. The van der Waals surface area contributed by atoms with Gasteiger partial charge in [0.1, 0.15) is 11.5 Å². The SMILES string of the molecule is N=C(Nc1ccc(F)c(Cl)c1)c1nonc1CNCCc1ccc(S(N)(=O)=O)cc1. The van der Waals surface area contributed by atoms with Gasteiger partial charge < -0.3 is 10.6 Å². The highest BCUT2D eigenvalue weighted by atomic mass is 35.5. The minimum absolute atomic E-state index is 0.0611. The molecule has 30 heavy (non-hydrogen) atoms. The minimum Gasteiger partial charge on any atom is -0.339 e. The normalized spacial score (nSPS) is 11.4. The topological polar surface area (TPSA) is 147 Å². The first-order chi connectivity index (χ1) is 14.2. The van der Waals surface area contributed by atoms with Crippen molar-refractivity contribution in [1.29, 1.82) is 5.41 Å². The molecule has 2 aromatic carbocycles. The lowest BCUT2D eigenvalue weighted by molar-refractivity contribution is 0.301. The molecule has 0 saturated carbocycles. The van der Waals surface area contributed by atoms with E-state index >= 15 is 0 Å². The van der Waals surface area contributed by atoms with Gasteiger partial charge in [-0.25, -0.2) is 22.6 Å². The van der Waals surface area contributed by atoms with E-state index in [-0.39, 0.29) is 21.4 Å². The van der Waals surface area contributed by atoms with Crippen LogP contribution in [0.1, 0.15) is 17.0 Å². The smallest absolute Gasteiger partial charge is 0.238 e. The van der Waals surface area contributed by atoms with Gasteiger partial charge in [-0.15, -0.1) is 0 Å². The lowest BCUT2D eigenvalue weighted by Gasteiger charge is -2.08. The molecule has 0 amide bonds. The van der Waals surface area contributed by atoms with Crippen LogP contribution in [0.2, 0.25) is 5.02 Å². The van der Waals surface area contributed by atoms with Crippen molar-refractivity contribution in [3.05, 3.63) is 70.3 Å². The van der Waals surface area contributed by atoms with Gasteiger partial charge in [-0.05, 0) is 54.0 Å². The molecule has 0 unspecified atom stereocenters. The fourth-order valence-electron chi connectivity index (χ4n) is 2.58. The monoisotopic (exact) mass is 452 g/mol. The molecule has 0 aliphatic rings. The molecule has 0 radical (unpaired) electrons. The molecular weight excluding hydrogens is 435 g/mol. The van der Waals surface area contributed by atoms with Crippen LogP contribution < -0.4 is 15.8 Å². The zero-order valence-corrected chi connectivity index (χ0v) is 17.1. The van der Waals surface area contributed by atoms with E-state index in [0.29, 0.717) is 30.9 Å². The molecule has 0 spiro atoms. The molecule has 1 heterocycles. The van der Waals surface area contributed by atoms with Crippen molar-refractivity contribution in [3.63, 3.8) is 0 Å². The number of primary sulfonamides is 1. The van der Waals surface area contributed by atoms with Crippen LogP contribution in [-0.4, -0.2) is 31.1 Å². The second-order valence-corrected chi connectivity index (χ2v) is 8.27.